The van der Waals surface area contributed by atoms with E-state index in [0.717, 1.165) is 27.5 Å². The second-order valence-corrected chi connectivity index (χ2v) is 12.4. The van der Waals surface area contributed by atoms with Crippen LogP contribution in [-0.4, -0.2) is 23.8 Å². The van der Waals surface area contributed by atoms with Crippen molar-refractivity contribution in [2.45, 2.75) is 33.4 Å². The molecule has 1 aromatic heterocycles. The van der Waals surface area contributed by atoms with Gasteiger partial charge in [-0.2, -0.15) is 0 Å². The van der Waals surface area contributed by atoms with Crippen molar-refractivity contribution in [3.63, 3.8) is 0 Å². The molecule has 0 spiro atoms. The number of carbonyl (C=O) groups excluding carboxylic acids is 1. The summed E-state index contributed by atoms with van der Waals surface area (Å²) in [6, 6.07) is 23.8. The third-order valence-corrected chi connectivity index (χ3v) is 9.33. The van der Waals surface area contributed by atoms with E-state index >= 15 is 0 Å². The first-order valence-corrected chi connectivity index (χ1v) is 16.4. The third-order valence-electron chi connectivity index (χ3n) is 7.61. The molecule has 234 valence electrons. The van der Waals surface area contributed by atoms with Crippen LogP contribution in [0.3, 0.4) is 0 Å². The monoisotopic (exact) mass is 672 g/mol. The van der Waals surface area contributed by atoms with E-state index in [4.69, 9.17) is 42.4 Å². The number of hydrogen-bond donors (Lipinski definition) is 0. The Morgan fingerprint density at radius 1 is 0.957 bits per heavy atom. The van der Waals surface area contributed by atoms with E-state index in [1.54, 1.807) is 30.5 Å². The molecule has 4 aromatic carbocycles. The van der Waals surface area contributed by atoms with Gasteiger partial charge in [0.1, 0.15) is 18.1 Å². The Kier molecular flexibility index (Phi) is 9.31. The van der Waals surface area contributed by atoms with Gasteiger partial charge in [-0.15, -0.1) is 0 Å². The smallest absolute Gasteiger partial charge is 0.338 e. The van der Waals surface area contributed by atoms with Gasteiger partial charge in [0, 0.05) is 5.56 Å². The van der Waals surface area contributed by atoms with Gasteiger partial charge in [-0.1, -0.05) is 83.1 Å². The summed E-state index contributed by atoms with van der Waals surface area (Å²) in [5.41, 5.74) is 2.89. The lowest BCUT2D eigenvalue weighted by Gasteiger charge is -2.24. The zero-order chi connectivity index (χ0) is 32.4. The van der Waals surface area contributed by atoms with Gasteiger partial charge in [-0.3, -0.25) is 9.36 Å². The van der Waals surface area contributed by atoms with Crippen molar-refractivity contribution in [1.29, 1.82) is 0 Å². The van der Waals surface area contributed by atoms with Gasteiger partial charge >= 0.3 is 5.97 Å². The maximum atomic E-state index is 14.3. The van der Waals surface area contributed by atoms with Crippen LogP contribution in [0.15, 0.2) is 99.9 Å². The van der Waals surface area contributed by atoms with Gasteiger partial charge < -0.3 is 14.2 Å². The molecule has 7 nitrogen and oxygen atoms in total. The highest BCUT2D eigenvalue weighted by molar-refractivity contribution is 7.07. The fourth-order valence-corrected chi connectivity index (χ4v) is 6.84. The maximum absolute atomic E-state index is 14.3. The minimum Gasteiger partial charge on any atom is -0.494 e. The van der Waals surface area contributed by atoms with E-state index < -0.39 is 12.0 Å². The molecule has 0 saturated heterocycles. The molecule has 0 saturated carbocycles. The summed E-state index contributed by atoms with van der Waals surface area (Å²) < 4.78 is 19.4. The zero-order valence-electron chi connectivity index (χ0n) is 25.4. The first-order valence-electron chi connectivity index (χ1n) is 14.8. The van der Waals surface area contributed by atoms with E-state index in [1.807, 2.05) is 79.7 Å². The highest BCUT2D eigenvalue weighted by atomic mass is 35.5. The molecule has 1 atom stereocenters. The molecule has 0 N–H and O–H groups in total. The van der Waals surface area contributed by atoms with Gasteiger partial charge in [0.05, 0.1) is 45.1 Å². The topological polar surface area (TPSA) is 79.1 Å². The number of allylic oxidation sites excluding steroid dienone is 1. The second-order valence-electron chi connectivity index (χ2n) is 10.5. The summed E-state index contributed by atoms with van der Waals surface area (Å²) in [6.45, 7) is 6.40. The average molecular weight is 674 g/mol. The fraction of sp³-hybridized carbons (Fsp3) is 0.194. The number of halogens is 2. The highest BCUT2D eigenvalue weighted by Crippen LogP contribution is 2.33. The molecule has 0 aliphatic carbocycles. The Balaban J connectivity index is 1.50. The standard InChI is InChI=1S/C36H30Cl2N2O5S/c1-4-43-25-14-11-24(12-15-25)33-32(35(42)44-5-2)21(3)39-36-40(33)34(41)31(46-36)19-27-26-9-7-6-8-23(26)13-17-30(27)45-20-22-10-16-28(37)29(38)18-22/h6-19,33H,4-5,20H2,1-3H3/b31-19-/t33-/m1/s1. The second kappa shape index (κ2) is 13.5. The summed E-state index contributed by atoms with van der Waals surface area (Å²) in [6.07, 6.45) is 1.84. The predicted octanol–water partition coefficient (Wildman–Crippen LogP) is 7.24. The minimum absolute atomic E-state index is 0.197. The average Bonchev–Trinajstić information content (AvgIpc) is 3.36. The number of ether oxygens (including phenoxy) is 3. The molecule has 0 fully saturated rings. The third kappa shape index (κ3) is 6.20. The van der Waals surface area contributed by atoms with E-state index in [0.29, 0.717) is 48.8 Å². The number of benzene rings is 4. The number of nitrogens with zero attached hydrogens (tertiary/aromatic N) is 2. The number of fused-ring (bicyclic) bond motifs is 2. The summed E-state index contributed by atoms with van der Waals surface area (Å²) in [5, 5.41) is 2.84. The molecule has 2 heterocycles. The first-order chi connectivity index (χ1) is 22.3. The van der Waals surface area contributed by atoms with E-state index in [1.165, 1.54) is 11.3 Å². The van der Waals surface area contributed by atoms with Gasteiger partial charge in [-0.25, -0.2) is 9.79 Å². The van der Waals surface area contributed by atoms with Crippen molar-refractivity contribution < 1.29 is 19.0 Å². The Labute approximate surface area is 279 Å². The molecular formula is C36H30Cl2N2O5S. The Morgan fingerprint density at radius 3 is 2.48 bits per heavy atom. The molecule has 1 aliphatic rings. The Hall–Kier alpha value is -4.37. The lowest BCUT2D eigenvalue weighted by Crippen LogP contribution is -2.39. The van der Waals surface area contributed by atoms with E-state index in [9.17, 15) is 9.59 Å². The summed E-state index contributed by atoms with van der Waals surface area (Å²) in [4.78, 5) is 32.8. The molecule has 0 amide bonds. The molecule has 10 heteroatoms. The van der Waals surface area contributed by atoms with Crippen molar-refractivity contribution in [1.82, 2.24) is 4.57 Å². The number of thiazole rings is 1. The van der Waals surface area contributed by atoms with Crippen molar-refractivity contribution >= 4 is 57.4 Å². The van der Waals surface area contributed by atoms with Crippen LogP contribution in [0.1, 0.15) is 43.5 Å². The van der Waals surface area contributed by atoms with Gasteiger partial charge in [0.15, 0.2) is 4.80 Å². The van der Waals surface area contributed by atoms with E-state index in [2.05, 4.69) is 0 Å². The van der Waals surface area contributed by atoms with Crippen LogP contribution in [0, 0.1) is 0 Å². The summed E-state index contributed by atoms with van der Waals surface area (Å²) >= 11 is 13.6. The Bertz CT molecular complexity index is 2170. The predicted molar refractivity (Wildman–Crippen MR) is 183 cm³/mol. The zero-order valence-corrected chi connectivity index (χ0v) is 27.7. The lowest BCUT2D eigenvalue weighted by atomic mass is 9.96. The number of hydrogen-bond acceptors (Lipinski definition) is 7. The van der Waals surface area contributed by atoms with Crippen LogP contribution in [0.2, 0.25) is 10.0 Å². The van der Waals surface area contributed by atoms with Crippen LogP contribution in [0.4, 0.5) is 0 Å². The summed E-state index contributed by atoms with van der Waals surface area (Å²) in [7, 11) is 0. The van der Waals surface area contributed by atoms with Crippen LogP contribution in [-0.2, 0) is 16.1 Å². The van der Waals surface area contributed by atoms with E-state index in [-0.39, 0.29) is 18.8 Å². The largest absolute Gasteiger partial charge is 0.494 e. The van der Waals surface area contributed by atoms with Crippen molar-refractivity contribution in [3.05, 3.63) is 137 Å². The molecule has 0 unspecified atom stereocenters. The summed E-state index contributed by atoms with van der Waals surface area (Å²) in [5.74, 6) is 0.785. The maximum Gasteiger partial charge on any atom is 0.338 e. The van der Waals surface area contributed by atoms with Crippen LogP contribution >= 0.6 is 34.5 Å². The van der Waals surface area contributed by atoms with Crippen LogP contribution < -0.4 is 24.4 Å². The van der Waals surface area contributed by atoms with Crippen molar-refractivity contribution in [2.75, 3.05) is 13.2 Å². The van der Waals surface area contributed by atoms with Crippen LogP contribution in [0.25, 0.3) is 16.8 Å². The first kappa shape index (κ1) is 31.6. The molecule has 46 heavy (non-hydrogen) atoms. The normalized spacial score (nSPS) is 14.6. The van der Waals surface area contributed by atoms with Gasteiger partial charge in [-0.05, 0) is 79.1 Å². The number of aromatic nitrogens is 1. The SMILES string of the molecule is CCOC(=O)C1=C(C)N=c2s/c(=C\c3c(OCc4ccc(Cl)c(Cl)c4)ccc4ccccc34)c(=O)n2[C@@H]1c1ccc(OCC)cc1. The van der Waals surface area contributed by atoms with Crippen LogP contribution in [0.5, 0.6) is 11.5 Å². The Morgan fingerprint density at radius 2 is 1.74 bits per heavy atom. The fourth-order valence-electron chi connectivity index (χ4n) is 5.49. The van der Waals surface area contributed by atoms with Crippen molar-refractivity contribution in [2.24, 2.45) is 4.99 Å². The van der Waals surface area contributed by atoms with Gasteiger partial charge in [0.2, 0.25) is 0 Å². The molecule has 6 rings (SSSR count). The number of rotatable bonds is 9. The molecule has 0 radical (unpaired) electrons. The number of carbonyl (C=O) groups is 1. The van der Waals surface area contributed by atoms with Gasteiger partial charge in [0.25, 0.3) is 5.56 Å². The minimum atomic E-state index is -0.731. The molecule has 1 aliphatic heterocycles. The highest BCUT2D eigenvalue weighted by Gasteiger charge is 2.33. The molecule has 0 bridgehead atoms. The molecule has 5 aromatic rings. The quantitative estimate of drug-likeness (QED) is 0.154. The number of esters is 1. The lowest BCUT2D eigenvalue weighted by molar-refractivity contribution is -0.139. The van der Waals surface area contributed by atoms with Crippen molar-refractivity contribution in [3.8, 4) is 11.5 Å². The molecular weight excluding hydrogens is 643 g/mol.